The van der Waals surface area contributed by atoms with E-state index in [0.717, 1.165) is 37.7 Å². The van der Waals surface area contributed by atoms with E-state index in [0.29, 0.717) is 17.8 Å². The van der Waals surface area contributed by atoms with Crippen molar-refractivity contribution in [2.24, 2.45) is 4.99 Å². The van der Waals surface area contributed by atoms with Gasteiger partial charge in [0.15, 0.2) is 0 Å². The van der Waals surface area contributed by atoms with Crippen LogP contribution < -0.4 is 0 Å². The number of benzene rings is 1. The summed E-state index contributed by atoms with van der Waals surface area (Å²) in [5, 5.41) is 0. The molecule has 18 heavy (non-hydrogen) atoms. The zero-order valence-electron chi connectivity index (χ0n) is 9.80. The van der Waals surface area contributed by atoms with Gasteiger partial charge in [0.25, 0.3) is 0 Å². The molecule has 5 heteroatoms. The van der Waals surface area contributed by atoms with Crippen molar-refractivity contribution in [3.05, 3.63) is 29.3 Å². The first-order chi connectivity index (χ1) is 8.55. The van der Waals surface area contributed by atoms with Crippen LogP contribution in [0.25, 0.3) is 0 Å². The molecule has 1 fully saturated rings. The van der Waals surface area contributed by atoms with Crippen LogP contribution in [0.2, 0.25) is 0 Å². The predicted octanol–water partition coefficient (Wildman–Crippen LogP) is 3.73. The van der Waals surface area contributed by atoms with Gasteiger partial charge in [0, 0.05) is 25.1 Å². The highest BCUT2D eigenvalue weighted by Gasteiger charge is 2.36. The molecule has 96 valence electrons. The van der Waals surface area contributed by atoms with Gasteiger partial charge in [-0.1, -0.05) is 6.07 Å². The lowest BCUT2D eigenvalue weighted by Gasteiger charge is -2.34. The molecule has 0 amide bonds. The Labute approximate surface area is 103 Å². The molecule has 0 saturated carbocycles. The highest BCUT2D eigenvalue weighted by Crippen LogP contribution is 2.39. The van der Waals surface area contributed by atoms with Gasteiger partial charge in [-0.15, -0.1) is 0 Å². The average Bonchev–Trinajstić information content (AvgIpc) is 2.34. The van der Waals surface area contributed by atoms with E-state index in [-0.39, 0.29) is 0 Å². The minimum absolute atomic E-state index is 0.315. The third-order valence-electron chi connectivity index (χ3n) is 3.50. The minimum Gasteiger partial charge on any atom is -0.356 e. The minimum atomic E-state index is -4.30. The molecule has 2 aliphatic rings. The number of halogens is 3. The summed E-state index contributed by atoms with van der Waals surface area (Å²) in [7, 11) is 0. The monoisotopic (exact) mass is 254 g/mol. The van der Waals surface area contributed by atoms with E-state index in [9.17, 15) is 13.2 Å². The maximum Gasteiger partial charge on any atom is 0.416 e. The van der Waals surface area contributed by atoms with Crippen LogP contribution in [0.3, 0.4) is 0 Å². The Morgan fingerprint density at radius 2 is 2.00 bits per heavy atom. The molecule has 0 N–H and O–H groups in total. The van der Waals surface area contributed by atoms with Gasteiger partial charge in [0.1, 0.15) is 5.84 Å². The molecular weight excluding hydrogens is 241 g/mol. The summed E-state index contributed by atoms with van der Waals surface area (Å²) >= 11 is 0. The molecule has 0 radical (unpaired) electrons. The zero-order valence-corrected chi connectivity index (χ0v) is 9.80. The number of amidine groups is 1. The fraction of sp³-hybridized carbons (Fsp3) is 0.462. The average molecular weight is 254 g/mol. The Hall–Kier alpha value is -1.52. The van der Waals surface area contributed by atoms with Gasteiger partial charge in [-0.05, 0) is 25.0 Å². The number of fused-ring (bicyclic) bond motifs is 2. The molecule has 0 aromatic heterocycles. The van der Waals surface area contributed by atoms with Crippen LogP contribution in [0, 0.1) is 0 Å². The lowest BCUT2D eigenvalue weighted by Crippen LogP contribution is -2.37. The standard InChI is InChI=1S/C13H13F3N2/c14-13(15,16)10-4-3-5-11-9(10)8-18-7-2-1-6-12(18)17-11/h3-5H,1-2,6-8H2. The van der Waals surface area contributed by atoms with Crippen molar-refractivity contribution in [3.8, 4) is 0 Å². The van der Waals surface area contributed by atoms with Crippen molar-refractivity contribution in [2.75, 3.05) is 6.54 Å². The van der Waals surface area contributed by atoms with Gasteiger partial charge in [-0.2, -0.15) is 13.2 Å². The number of rotatable bonds is 0. The summed E-state index contributed by atoms with van der Waals surface area (Å²) < 4.78 is 38.8. The van der Waals surface area contributed by atoms with E-state index in [1.54, 1.807) is 6.07 Å². The van der Waals surface area contributed by atoms with Crippen molar-refractivity contribution < 1.29 is 13.2 Å². The number of hydrogen-bond acceptors (Lipinski definition) is 2. The lowest BCUT2D eigenvalue weighted by molar-refractivity contribution is -0.138. The summed E-state index contributed by atoms with van der Waals surface area (Å²) in [4.78, 5) is 6.36. The molecule has 2 nitrogen and oxygen atoms in total. The third-order valence-corrected chi connectivity index (χ3v) is 3.50. The van der Waals surface area contributed by atoms with Gasteiger partial charge in [0.05, 0.1) is 11.3 Å². The summed E-state index contributed by atoms with van der Waals surface area (Å²) in [5.41, 5.74) is 0.252. The quantitative estimate of drug-likeness (QED) is 0.688. The van der Waals surface area contributed by atoms with Gasteiger partial charge < -0.3 is 4.90 Å². The number of nitrogens with zero attached hydrogens (tertiary/aromatic N) is 2. The van der Waals surface area contributed by atoms with Crippen LogP contribution in [-0.4, -0.2) is 17.3 Å². The number of aliphatic imine (C=N–C) groups is 1. The molecule has 2 heterocycles. The maximum absolute atomic E-state index is 12.9. The van der Waals surface area contributed by atoms with Crippen molar-refractivity contribution in [2.45, 2.75) is 32.0 Å². The number of piperidine rings is 1. The lowest BCUT2D eigenvalue weighted by atomic mass is 10.00. The number of hydrogen-bond donors (Lipinski definition) is 0. The Kier molecular flexibility index (Phi) is 2.57. The van der Waals surface area contributed by atoms with E-state index in [1.165, 1.54) is 6.07 Å². The van der Waals surface area contributed by atoms with E-state index in [1.807, 2.05) is 4.90 Å². The Morgan fingerprint density at radius 3 is 2.78 bits per heavy atom. The SMILES string of the molecule is FC(F)(F)c1cccc2c1CN1CCCCC1=N2. The second kappa shape index (κ2) is 4.00. The van der Waals surface area contributed by atoms with Gasteiger partial charge >= 0.3 is 6.18 Å². The van der Waals surface area contributed by atoms with Crippen LogP contribution in [-0.2, 0) is 12.7 Å². The molecule has 1 aromatic rings. The topological polar surface area (TPSA) is 15.6 Å². The Morgan fingerprint density at radius 1 is 1.17 bits per heavy atom. The first kappa shape index (κ1) is 11.6. The second-order valence-corrected chi connectivity index (χ2v) is 4.71. The molecule has 1 saturated heterocycles. The van der Waals surface area contributed by atoms with E-state index >= 15 is 0 Å². The molecule has 0 unspecified atom stereocenters. The highest BCUT2D eigenvalue weighted by atomic mass is 19.4. The molecular formula is C13H13F3N2. The smallest absolute Gasteiger partial charge is 0.356 e. The van der Waals surface area contributed by atoms with Crippen molar-refractivity contribution >= 4 is 11.5 Å². The highest BCUT2D eigenvalue weighted by molar-refractivity contribution is 5.87. The fourth-order valence-corrected chi connectivity index (χ4v) is 2.61. The Balaban J connectivity index is 2.08. The molecule has 1 aromatic carbocycles. The van der Waals surface area contributed by atoms with E-state index in [4.69, 9.17) is 0 Å². The van der Waals surface area contributed by atoms with Gasteiger partial charge in [-0.25, -0.2) is 4.99 Å². The van der Waals surface area contributed by atoms with E-state index in [2.05, 4.69) is 4.99 Å². The van der Waals surface area contributed by atoms with Crippen LogP contribution in [0.1, 0.15) is 30.4 Å². The normalized spacial score (nSPS) is 19.1. The largest absolute Gasteiger partial charge is 0.416 e. The van der Waals surface area contributed by atoms with Crippen LogP contribution in [0.15, 0.2) is 23.2 Å². The van der Waals surface area contributed by atoms with Crippen molar-refractivity contribution in [3.63, 3.8) is 0 Å². The zero-order chi connectivity index (χ0) is 12.8. The van der Waals surface area contributed by atoms with Crippen molar-refractivity contribution in [1.29, 1.82) is 0 Å². The first-order valence-electron chi connectivity index (χ1n) is 6.07. The van der Waals surface area contributed by atoms with Gasteiger partial charge in [-0.3, -0.25) is 0 Å². The van der Waals surface area contributed by atoms with Crippen LogP contribution in [0.5, 0.6) is 0 Å². The molecule has 0 aliphatic carbocycles. The molecule has 0 bridgehead atoms. The maximum atomic E-state index is 12.9. The predicted molar refractivity (Wildman–Crippen MR) is 62.8 cm³/mol. The summed E-state index contributed by atoms with van der Waals surface area (Å²) in [6.45, 7) is 1.15. The fourth-order valence-electron chi connectivity index (χ4n) is 2.61. The summed E-state index contributed by atoms with van der Waals surface area (Å²) in [6, 6.07) is 4.25. The summed E-state index contributed by atoms with van der Waals surface area (Å²) in [5.74, 6) is 0.938. The molecule has 2 aliphatic heterocycles. The second-order valence-electron chi connectivity index (χ2n) is 4.71. The van der Waals surface area contributed by atoms with Gasteiger partial charge in [0.2, 0.25) is 0 Å². The molecule has 0 spiro atoms. The van der Waals surface area contributed by atoms with Crippen LogP contribution in [0.4, 0.5) is 18.9 Å². The summed E-state index contributed by atoms with van der Waals surface area (Å²) in [6.07, 6.45) is -1.32. The van der Waals surface area contributed by atoms with Crippen LogP contribution >= 0.6 is 0 Å². The first-order valence-corrected chi connectivity index (χ1v) is 6.07. The number of alkyl halides is 3. The Bertz CT molecular complexity index is 505. The molecule has 0 atom stereocenters. The van der Waals surface area contributed by atoms with E-state index < -0.39 is 11.7 Å². The van der Waals surface area contributed by atoms with Crippen molar-refractivity contribution in [1.82, 2.24) is 4.90 Å². The third kappa shape index (κ3) is 1.87. The molecule has 3 rings (SSSR count).